The maximum absolute atomic E-state index is 11.3. The van der Waals surface area contributed by atoms with Gasteiger partial charge in [-0.15, -0.1) is 0 Å². The molecule has 0 atom stereocenters. The van der Waals surface area contributed by atoms with Crippen molar-refractivity contribution in [2.24, 2.45) is 5.92 Å². The average molecular weight is 207 g/mol. The van der Waals surface area contributed by atoms with Crippen LogP contribution in [0.25, 0.3) is 0 Å². The van der Waals surface area contributed by atoms with Crippen molar-refractivity contribution in [2.75, 3.05) is 5.73 Å². The van der Waals surface area contributed by atoms with Gasteiger partial charge in [0.25, 0.3) is 0 Å². The van der Waals surface area contributed by atoms with Gasteiger partial charge in [0, 0.05) is 0 Å². The summed E-state index contributed by atoms with van der Waals surface area (Å²) in [6.07, 6.45) is 0. The molecule has 0 radical (unpaired) electrons. The van der Waals surface area contributed by atoms with Crippen LogP contribution in [0, 0.1) is 5.92 Å². The summed E-state index contributed by atoms with van der Waals surface area (Å²) in [7, 11) is 0. The van der Waals surface area contributed by atoms with E-state index in [4.69, 9.17) is 5.73 Å². The van der Waals surface area contributed by atoms with Crippen LogP contribution in [0.1, 0.15) is 19.4 Å². The molecule has 0 aromatic carbocycles. The van der Waals surface area contributed by atoms with Crippen molar-refractivity contribution in [1.82, 2.24) is 0 Å². The molecule has 2 nitrogen and oxygen atoms in total. The van der Waals surface area contributed by atoms with E-state index in [1.807, 2.05) is 38.9 Å². The summed E-state index contributed by atoms with van der Waals surface area (Å²) in [6.45, 7) is 5.67. The summed E-state index contributed by atoms with van der Waals surface area (Å²) >= 11 is 1.33. The molecule has 4 heteroatoms. The van der Waals surface area contributed by atoms with Crippen LogP contribution in [0.4, 0.5) is 5.58 Å². The molecule has 0 aliphatic rings. The minimum absolute atomic E-state index is 0.0879. The molecule has 0 amide bonds. The van der Waals surface area contributed by atoms with Gasteiger partial charge >= 0.3 is 89.1 Å². The Kier molecular flexibility index (Phi) is 4.20. The van der Waals surface area contributed by atoms with Crippen LogP contribution in [0.5, 0.6) is 0 Å². The molecule has 2 N–H and O–H groups in total. The summed E-state index contributed by atoms with van der Waals surface area (Å²) in [5.41, 5.74) is 7.55. The quantitative estimate of drug-likeness (QED) is 0.824. The van der Waals surface area contributed by atoms with Crippen molar-refractivity contribution >= 4 is 29.4 Å². The van der Waals surface area contributed by atoms with Gasteiger partial charge in [0.05, 0.1) is 0 Å². The van der Waals surface area contributed by atoms with E-state index in [1.54, 1.807) is 0 Å². The molecule has 0 spiro atoms. The molecule has 74 valence electrons. The summed E-state index contributed by atoms with van der Waals surface area (Å²) in [5.74, 6) is 2.65. The van der Waals surface area contributed by atoms with Crippen molar-refractivity contribution in [3.05, 3.63) is 23.7 Å². The van der Waals surface area contributed by atoms with Crippen molar-refractivity contribution in [2.45, 2.75) is 19.6 Å². The van der Waals surface area contributed by atoms with E-state index in [0.29, 0.717) is 5.75 Å². The third-order valence-electron chi connectivity index (χ3n) is 1.90. The maximum atomic E-state index is 11.3. The van der Waals surface area contributed by atoms with Crippen LogP contribution in [0.3, 0.4) is 0 Å². The molecule has 0 saturated carbocycles. The van der Waals surface area contributed by atoms with Crippen molar-refractivity contribution in [1.29, 1.82) is 0 Å². The predicted molar refractivity (Wildman–Crippen MR) is 63.3 cm³/mol. The standard InChI is InChI=1S/C10H14BNOS/c1-7(2)10(13)14-6-8-4-3-5-11-9(8)12/h3-5,7H,6,12H2,1-2H3. The van der Waals surface area contributed by atoms with Gasteiger partial charge in [-0.25, -0.2) is 0 Å². The fraction of sp³-hybridized carbons (Fsp3) is 0.400. The number of thioether (sulfide) groups is 1. The molecule has 1 heterocycles. The van der Waals surface area contributed by atoms with Crippen molar-refractivity contribution < 1.29 is 4.79 Å². The molecule has 0 saturated heterocycles. The molecular formula is C10H14BNOS. The third kappa shape index (κ3) is 3.18. The number of anilines is 1. The first kappa shape index (κ1) is 11.3. The zero-order chi connectivity index (χ0) is 10.6. The monoisotopic (exact) mass is 207 g/mol. The van der Waals surface area contributed by atoms with Gasteiger partial charge in [0.15, 0.2) is 0 Å². The molecule has 0 aliphatic heterocycles. The van der Waals surface area contributed by atoms with Crippen LogP contribution in [-0.4, -0.2) is 12.0 Å². The van der Waals surface area contributed by atoms with E-state index in [1.165, 1.54) is 11.8 Å². The first-order valence-corrected chi connectivity index (χ1v) is 5.60. The number of nitrogens with two attached hydrogens (primary N) is 1. The summed E-state index contributed by atoms with van der Waals surface area (Å²) < 4.78 is 0. The number of carbonyl (C=O) groups is 1. The number of hydrogen-bond donors (Lipinski definition) is 1. The fourth-order valence-electron chi connectivity index (χ4n) is 0.981. The Bertz CT molecular complexity index is 328. The molecule has 0 bridgehead atoms. The first-order valence-electron chi connectivity index (χ1n) is 4.61. The van der Waals surface area contributed by atoms with Crippen LogP contribution in [0.15, 0.2) is 18.1 Å². The van der Waals surface area contributed by atoms with Crippen LogP contribution in [-0.2, 0) is 10.5 Å². The van der Waals surface area contributed by atoms with Gasteiger partial charge in [-0.1, -0.05) is 0 Å². The Morgan fingerprint density at radius 3 is 2.93 bits per heavy atom. The Morgan fingerprint density at radius 1 is 1.64 bits per heavy atom. The van der Waals surface area contributed by atoms with Gasteiger partial charge in [-0.2, -0.15) is 0 Å². The van der Waals surface area contributed by atoms with E-state index in [-0.39, 0.29) is 11.0 Å². The molecule has 0 unspecified atom stereocenters. The second-order valence-corrected chi connectivity index (χ2v) is 4.44. The molecular weight excluding hydrogens is 193 g/mol. The number of rotatable bonds is 3. The van der Waals surface area contributed by atoms with Crippen LogP contribution >= 0.6 is 11.8 Å². The zero-order valence-electron chi connectivity index (χ0n) is 8.49. The van der Waals surface area contributed by atoms with Crippen molar-refractivity contribution in [3.63, 3.8) is 0 Å². The van der Waals surface area contributed by atoms with Gasteiger partial charge in [-0.05, 0) is 0 Å². The van der Waals surface area contributed by atoms with Gasteiger partial charge in [0.1, 0.15) is 0 Å². The number of carbonyl (C=O) groups excluding carboxylic acids is 1. The first-order chi connectivity index (χ1) is 6.61. The summed E-state index contributed by atoms with van der Waals surface area (Å²) in [5, 5.41) is 0.216. The molecule has 0 aliphatic carbocycles. The Morgan fingerprint density at radius 2 is 2.36 bits per heavy atom. The van der Waals surface area contributed by atoms with Gasteiger partial charge in [-0.3, -0.25) is 0 Å². The third-order valence-corrected chi connectivity index (χ3v) is 3.11. The van der Waals surface area contributed by atoms with E-state index in [2.05, 4.69) is 0 Å². The normalized spacial score (nSPS) is 10.2. The molecule has 1 rings (SSSR count). The van der Waals surface area contributed by atoms with Gasteiger partial charge < -0.3 is 0 Å². The Balaban J connectivity index is 2.54. The second kappa shape index (κ2) is 5.20. The molecule has 1 aromatic heterocycles. The topological polar surface area (TPSA) is 43.1 Å². The number of nitrogen functional groups attached to an aromatic ring is 1. The molecule has 0 fully saturated rings. The van der Waals surface area contributed by atoms with Crippen LogP contribution < -0.4 is 5.73 Å². The molecule has 14 heavy (non-hydrogen) atoms. The fourth-order valence-corrected chi connectivity index (χ4v) is 1.88. The molecule has 1 aromatic rings. The van der Waals surface area contributed by atoms with E-state index in [9.17, 15) is 4.79 Å². The van der Waals surface area contributed by atoms with Crippen LogP contribution in [0.2, 0.25) is 0 Å². The van der Waals surface area contributed by atoms with Crippen molar-refractivity contribution in [3.8, 4) is 0 Å². The Labute approximate surface area is 89.5 Å². The SMILES string of the molecule is CC(C)C(=O)SCc1cccbc1N. The summed E-state index contributed by atoms with van der Waals surface area (Å²) in [4.78, 5) is 11.3. The van der Waals surface area contributed by atoms with E-state index < -0.39 is 0 Å². The van der Waals surface area contributed by atoms with E-state index >= 15 is 0 Å². The Hall–Kier alpha value is -0.765. The minimum atomic E-state index is 0.0879. The average Bonchev–Trinajstić information content (AvgIpc) is 2.16. The summed E-state index contributed by atoms with van der Waals surface area (Å²) in [6, 6.07) is 3.89. The second-order valence-electron chi connectivity index (χ2n) is 3.46. The van der Waals surface area contributed by atoms with E-state index in [0.717, 1.165) is 11.1 Å². The van der Waals surface area contributed by atoms with Gasteiger partial charge in [0.2, 0.25) is 0 Å². The predicted octanol–water partition coefficient (Wildman–Crippen LogP) is 2.02. The number of hydrogen-bond acceptors (Lipinski definition) is 3. The zero-order valence-corrected chi connectivity index (χ0v) is 9.30.